The Labute approximate surface area is 164 Å². The van der Waals surface area contributed by atoms with Crippen LogP contribution < -0.4 is 5.32 Å². The molecule has 1 aliphatic heterocycles. The number of hydrogen-bond donors (Lipinski definition) is 1. The van der Waals surface area contributed by atoms with E-state index in [1.54, 1.807) is 26.5 Å². The lowest BCUT2D eigenvalue weighted by Crippen LogP contribution is -2.31. The van der Waals surface area contributed by atoms with E-state index >= 15 is 0 Å². The molecule has 27 heavy (non-hydrogen) atoms. The molecule has 1 N–H and O–H groups in total. The van der Waals surface area contributed by atoms with Gasteiger partial charge in [0.2, 0.25) is 0 Å². The summed E-state index contributed by atoms with van der Waals surface area (Å²) in [7, 11) is -3.11. The van der Waals surface area contributed by atoms with Gasteiger partial charge >= 0.3 is 7.60 Å². The number of imidazole rings is 1. The molecule has 2 rings (SSSR count). The Bertz CT molecular complexity index is 709. The number of nitrogens with one attached hydrogen (secondary N) is 1. The van der Waals surface area contributed by atoms with Gasteiger partial charge in [-0.2, -0.15) is 5.26 Å². The summed E-state index contributed by atoms with van der Waals surface area (Å²) < 4.78 is 25.3. The maximum Gasteiger partial charge on any atom is 0.331 e. The van der Waals surface area contributed by atoms with Crippen molar-refractivity contribution in [3.63, 3.8) is 0 Å². The largest absolute Gasteiger partial charge is 0.355 e. The van der Waals surface area contributed by atoms with Gasteiger partial charge in [0.05, 0.1) is 38.1 Å². The number of fused-ring (bicyclic) bond motifs is 1. The first kappa shape index (κ1) is 21.9. The van der Waals surface area contributed by atoms with Gasteiger partial charge in [-0.1, -0.05) is 11.6 Å². The minimum Gasteiger partial charge on any atom is -0.355 e. The van der Waals surface area contributed by atoms with E-state index in [4.69, 9.17) is 25.9 Å². The van der Waals surface area contributed by atoms with E-state index in [-0.39, 0.29) is 6.16 Å². The number of aliphatic imine (C=N–C) groups is 1. The molecular weight excluding hydrogens is 391 g/mol. The molecule has 9 nitrogen and oxygen atoms in total. The first-order chi connectivity index (χ1) is 13.0. The Morgan fingerprint density at radius 1 is 1.37 bits per heavy atom. The van der Waals surface area contributed by atoms with Crippen LogP contribution >= 0.6 is 19.2 Å². The summed E-state index contributed by atoms with van der Waals surface area (Å²) >= 11 is 6.17. The van der Waals surface area contributed by atoms with Gasteiger partial charge in [0.1, 0.15) is 11.2 Å². The molecule has 2 heterocycles. The van der Waals surface area contributed by atoms with Crippen LogP contribution in [-0.2, 0) is 20.2 Å². The highest BCUT2D eigenvalue weighted by molar-refractivity contribution is 7.53. The fraction of sp³-hybridized carbons (Fsp3) is 0.688. The summed E-state index contributed by atoms with van der Waals surface area (Å²) in [5, 5.41) is 11.8. The van der Waals surface area contributed by atoms with E-state index < -0.39 is 13.1 Å². The van der Waals surface area contributed by atoms with Crippen LogP contribution in [0, 0.1) is 11.3 Å². The highest BCUT2D eigenvalue weighted by atomic mass is 35.5. The van der Waals surface area contributed by atoms with Crippen LogP contribution in [0.1, 0.15) is 31.5 Å². The van der Waals surface area contributed by atoms with Crippen LogP contribution in [0.4, 0.5) is 5.82 Å². The summed E-state index contributed by atoms with van der Waals surface area (Å²) in [6.07, 6.45) is 3.94. The lowest BCUT2D eigenvalue weighted by molar-refractivity contribution is 0.211. The van der Waals surface area contributed by atoms with Crippen LogP contribution in [0.25, 0.3) is 0 Å². The smallest absolute Gasteiger partial charge is 0.331 e. The van der Waals surface area contributed by atoms with Crippen molar-refractivity contribution in [1.82, 2.24) is 19.8 Å². The standard InChI is InChI=1S/C16H26ClN6O3P/c1-3-25-27(24,26-4-2)11-10-22(7-5-6-18)8-9-23-13-21-14-15(17)19-12-20-16(14)23/h12-13,15H,3-5,7-11H2,1-2H3,(H,19,20). The SMILES string of the molecule is CCOP(=O)(CCN(CCC#N)CCn1cnc2c1N=CNC2Cl)OCC. The summed E-state index contributed by atoms with van der Waals surface area (Å²) in [5.74, 6) is 0.725. The molecule has 1 aromatic rings. The van der Waals surface area contributed by atoms with Gasteiger partial charge < -0.3 is 18.9 Å². The summed E-state index contributed by atoms with van der Waals surface area (Å²) in [6, 6.07) is 2.15. The zero-order chi connectivity index (χ0) is 19.7. The number of hydrogen-bond acceptors (Lipinski definition) is 8. The lowest BCUT2D eigenvalue weighted by atomic mass is 10.3. The topological polar surface area (TPSA) is 105 Å². The molecule has 0 amide bonds. The molecule has 1 atom stereocenters. The molecule has 0 bridgehead atoms. The summed E-state index contributed by atoms with van der Waals surface area (Å²) in [6.45, 7) is 6.63. The molecule has 11 heteroatoms. The molecule has 0 aliphatic carbocycles. The maximum absolute atomic E-state index is 12.7. The third-order valence-electron chi connectivity index (χ3n) is 4.02. The third-order valence-corrected chi connectivity index (χ3v) is 6.41. The Morgan fingerprint density at radius 2 is 2.11 bits per heavy atom. The first-order valence-electron chi connectivity index (χ1n) is 8.98. The van der Waals surface area contributed by atoms with Crippen molar-refractivity contribution in [2.24, 2.45) is 4.99 Å². The molecule has 0 fully saturated rings. The third kappa shape index (κ3) is 6.30. The number of nitrogens with zero attached hydrogens (tertiary/aromatic N) is 5. The van der Waals surface area contributed by atoms with Gasteiger partial charge in [-0.25, -0.2) is 9.98 Å². The Hall–Kier alpha value is -1.43. The van der Waals surface area contributed by atoms with Gasteiger partial charge in [-0.05, 0) is 13.8 Å². The van der Waals surface area contributed by atoms with Gasteiger partial charge in [0.15, 0.2) is 5.82 Å². The molecule has 0 radical (unpaired) electrons. The molecule has 0 spiro atoms. The van der Waals surface area contributed by atoms with Crippen LogP contribution in [0.15, 0.2) is 11.3 Å². The van der Waals surface area contributed by atoms with Crippen molar-refractivity contribution in [3.05, 3.63) is 12.0 Å². The fourth-order valence-electron chi connectivity index (χ4n) is 2.73. The van der Waals surface area contributed by atoms with Crippen LogP contribution in [0.3, 0.4) is 0 Å². The van der Waals surface area contributed by atoms with E-state index in [2.05, 4.69) is 26.3 Å². The minimum atomic E-state index is -3.11. The highest BCUT2D eigenvalue weighted by Gasteiger charge is 2.25. The Kier molecular flexibility index (Phi) is 8.74. The minimum absolute atomic E-state index is 0.286. The monoisotopic (exact) mass is 416 g/mol. The molecule has 1 aliphatic rings. The molecule has 0 aromatic carbocycles. The predicted molar refractivity (Wildman–Crippen MR) is 105 cm³/mol. The van der Waals surface area contributed by atoms with Crippen molar-refractivity contribution in [2.45, 2.75) is 32.3 Å². The number of aromatic nitrogens is 2. The second-order valence-corrected chi connectivity index (χ2v) is 8.48. The predicted octanol–water partition coefficient (Wildman–Crippen LogP) is 2.87. The van der Waals surface area contributed by atoms with Crippen molar-refractivity contribution in [1.29, 1.82) is 5.26 Å². The van der Waals surface area contributed by atoms with E-state index in [9.17, 15) is 4.57 Å². The van der Waals surface area contributed by atoms with Crippen LogP contribution in [0.2, 0.25) is 0 Å². The molecule has 0 saturated carbocycles. The van der Waals surface area contributed by atoms with E-state index in [0.29, 0.717) is 51.5 Å². The second-order valence-electron chi connectivity index (χ2n) is 5.85. The molecule has 150 valence electrons. The number of halogens is 1. The van der Waals surface area contributed by atoms with Gasteiger partial charge in [0.25, 0.3) is 0 Å². The highest BCUT2D eigenvalue weighted by Crippen LogP contribution is 2.47. The van der Waals surface area contributed by atoms with E-state index in [1.807, 2.05) is 4.57 Å². The Balaban J connectivity index is 1.98. The average molecular weight is 417 g/mol. The van der Waals surface area contributed by atoms with Crippen LogP contribution in [0.5, 0.6) is 0 Å². The number of alkyl halides is 1. The quantitative estimate of drug-likeness (QED) is 0.317. The van der Waals surface area contributed by atoms with Crippen molar-refractivity contribution >= 4 is 31.4 Å². The average Bonchev–Trinajstić information content (AvgIpc) is 3.06. The molecule has 1 unspecified atom stereocenters. The maximum atomic E-state index is 12.7. The summed E-state index contributed by atoms with van der Waals surface area (Å²) in [4.78, 5) is 10.7. The number of rotatable bonds is 12. The summed E-state index contributed by atoms with van der Waals surface area (Å²) in [5.41, 5.74) is 0.302. The van der Waals surface area contributed by atoms with E-state index in [0.717, 1.165) is 5.82 Å². The van der Waals surface area contributed by atoms with Crippen molar-refractivity contribution in [3.8, 4) is 6.07 Å². The van der Waals surface area contributed by atoms with Gasteiger partial charge in [-0.15, -0.1) is 0 Å². The lowest BCUT2D eigenvalue weighted by Gasteiger charge is -2.24. The van der Waals surface area contributed by atoms with Gasteiger partial charge in [0, 0.05) is 32.6 Å². The first-order valence-corrected chi connectivity index (χ1v) is 11.1. The van der Waals surface area contributed by atoms with Crippen molar-refractivity contribution < 1.29 is 13.6 Å². The fourth-order valence-corrected chi connectivity index (χ4v) is 4.59. The van der Waals surface area contributed by atoms with Crippen LogP contribution in [-0.4, -0.2) is 59.8 Å². The van der Waals surface area contributed by atoms with Gasteiger partial charge in [-0.3, -0.25) is 9.46 Å². The Morgan fingerprint density at radius 3 is 2.78 bits per heavy atom. The second kappa shape index (κ2) is 10.8. The molecule has 1 aromatic heterocycles. The number of nitriles is 1. The molecule has 0 saturated heterocycles. The van der Waals surface area contributed by atoms with E-state index in [1.165, 1.54) is 0 Å². The van der Waals surface area contributed by atoms with Crippen molar-refractivity contribution in [2.75, 3.05) is 39.0 Å². The normalized spacial score (nSPS) is 16.2. The zero-order valence-corrected chi connectivity index (χ0v) is 17.3. The molecular formula is C16H26ClN6O3P. The zero-order valence-electron chi connectivity index (χ0n) is 15.7.